The van der Waals surface area contributed by atoms with Gasteiger partial charge in [-0.2, -0.15) is 5.10 Å². The molecule has 2 heterocycles. The third kappa shape index (κ3) is 4.24. The summed E-state index contributed by atoms with van der Waals surface area (Å²) in [4.78, 5) is 31.4. The van der Waals surface area contributed by atoms with Crippen molar-refractivity contribution >= 4 is 16.9 Å². The molecule has 3 rings (SSSR count). The Kier molecular flexibility index (Phi) is 5.69. The molecule has 7 nitrogen and oxygen atoms in total. The van der Waals surface area contributed by atoms with Gasteiger partial charge in [0.15, 0.2) is 0 Å². The van der Waals surface area contributed by atoms with Crippen LogP contribution in [0.1, 0.15) is 36.0 Å². The van der Waals surface area contributed by atoms with Crippen LogP contribution >= 0.6 is 0 Å². The molecule has 0 atom stereocenters. The molecule has 3 aromatic rings. The monoisotopic (exact) mass is 367 g/mol. The van der Waals surface area contributed by atoms with Crippen LogP contribution < -0.4 is 10.9 Å². The average Bonchev–Trinajstić information content (AvgIpc) is 2.93. The number of nitrogens with one attached hydrogen (secondary N) is 2. The number of rotatable bonds is 7. The van der Waals surface area contributed by atoms with Gasteiger partial charge in [0, 0.05) is 31.6 Å². The molecule has 0 aliphatic rings. The van der Waals surface area contributed by atoms with Gasteiger partial charge in [-0.25, -0.2) is 4.98 Å². The van der Waals surface area contributed by atoms with Crippen LogP contribution in [0.2, 0.25) is 0 Å². The summed E-state index contributed by atoms with van der Waals surface area (Å²) in [6.45, 7) is 7.50. The Balaban J connectivity index is 1.54. The Morgan fingerprint density at radius 1 is 1.22 bits per heavy atom. The van der Waals surface area contributed by atoms with E-state index >= 15 is 0 Å². The van der Waals surface area contributed by atoms with Gasteiger partial charge in [0.05, 0.1) is 16.7 Å². The van der Waals surface area contributed by atoms with Crippen molar-refractivity contribution < 1.29 is 4.79 Å². The zero-order valence-electron chi connectivity index (χ0n) is 16.0. The average molecular weight is 367 g/mol. The van der Waals surface area contributed by atoms with Crippen molar-refractivity contribution in [2.45, 2.75) is 46.6 Å². The fourth-order valence-corrected chi connectivity index (χ4v) is 3.29. The molecule has 27 heavy (non-hydrogen) atoms. The third-order valence-corrected chi connectivity index (χ3v) is 4.79. The van der Waals surface area contributed by atoms with Crippen LogP contribution in [0.25, 0.3) is 11.0 Å². The lowest BCUT2D eigenvalue weighted by atomic mass is 10.1. The van der Waals surface area contributed by atoms with Gasteiger partial charge in [-0.1, -0.05) is 12.1 Å². The van der Waals surface area contributed by atoms with E-state index in [4.69, 9.17) is 0 Å². The van der Waals surface area contributed by atoms with Gasteiger partial charge in [-0.3, -0.25) is 14.3 Å². The number of benzene rings is 1. The Morgan fingerprint density at radius 2 is 2.00 bits per heavy atom. The maximum Gasteiger partial charge on any atom is 0.270 e. The van der Waals surface area contributed by atoms with E-state index in [1.54, 1.807) is 0 Å². The second-order valence-electron chi connectivity index (χ2n) is 6.59. The maximum atomic E-state index is 12.1. The minimum absolute atomic E-state index is 0.0810. The normalized spacial score (nSPS) is 11.1. The molecule has 7 heteroatoms. The number of para-hydroxylation sites is 2. The number of carbonyl (C=O) groups is 1. The van der Waals surface area contributed by atoms with Gasteiger partial charge in [-0.15, -0.1) is 0 Å². The van der Waals surface area contributed by atoms with Crippen molar-refractivity contribution in [3.8, 4) is 0 Å². The first kappa shape index (κ1) is 18.8. The number of amides is 1. The minimum Gasteiger partial charge on any atom is -0.356 e. The molecule has 1 amide bonds. The Bertz CT molecular complexity index is 1020. The molecule has 0 saturated heterocycles. The number of nitrogens with zero attached hydrogens (tertiary/aromatic N) is 3. The van der Waals surface area contributed by atoms with Crippen LogP contribution in [-0.2, 0) is 24.2 Å². The first-order valence-electron chi connectivity index (χ1n) is 9.27. The molecule has 0 aliphatic heterocycles. The van der Waals surface area contributed by atoms with Crippen molar-refractivity contribution in [1.82, 2.24) is 25.1 Å². The molecule has 0 bridgehead atoms. The van der Waals surface area contributed by atoms with Crippen molar-refractivity contribution in [1.29, 1.82) is 0 Å². The Labute approximate surface area is 157 Å². The number of carbonyl (C=O) groups excluding carboxylic acids is 1. The summed E-state index contributed by atoms with van der Waals surface area (Å²) in [5, 5.41) is 7.42. The van der Waals surface area contributed by atoms with Crippen LogP contribution in [-0.4, -0.2) is 32.2 Å². The number of aromatic amines is 1. The summed E-state index contributed by atoms with van der Waals surface area (Å²) in [6.07, 6.45) is 1.30. The molecule has 0 radical (unpaired) electrons. The van der Waals surface area contributed by atoms with Gasteiger partial charge in [0.25, 0.3) is 5.56 Å². The maximum absolute atomic E-state index is 12.1. The van der Waals surface area contributed by atoms with Crippen LogP contribution in [0.5, 0.6) is 0 Å². The van der Waals surface area contributed by atoms with Gasteiger partial charge < -0.3 is 10.3 Å². The lowest BCUT2D eigenvalue weighted by Crippen LogP contribution is -2.27. The number of aryl methyl sites for hydroxylation is 3. The molecular formula is C20H25N5O2. The number of H-pyrrole nitrogens is 1. The van der Waals surface area contributed by atoms with Crippen LogP contribution in [0.15, 0.2) is 29.1 Å². The molecule has 2 aromatic heterocycles. The topological polar surface area (TPSA) is 92.7 Å². The summed E-state index contributed by atoms with van der Waals surface area (Å²) in [6, 6.07) is 7.37. The Hall–Kier alpha value is -2.96. The first-order chi connectivity index (χ1) is 13.0. The highest BCUT2D eigenvalue weighted by atomic mass is 16.1. The third-order valence-electron chi connectivity index (χ3n) is 4.79. The summed E-state index contributed by atoms with van der Waals surface area (Å²) in [5.41, 5.74) is 4.93. The van der Waals surface area contributed by atoms with E-state index in [1.807, 2.05) is 35.9 Å². The highest BCUT2D eigenvalue weighted by Crippen LogP contribution is 2.13. The number of hydrogen-bond donors (Lipinski definition) is 2. The summed E-state index contributed by atoms with van der Waals surface area (Å²) < 4.78 is 1.98. The standard InChI is InChI=1S/C20H25N5O2/c1-4-25-14(3)15(13(2)24-25)11-12-21-19(26)10-9-18-20(27)23-17-8-6-5-7-16(17)22-18/h5-8H,4,9-12H2,1-3H3,(H,21,26)(H,23,27). The quantitative estimate of drug-likeness (QED) is 0.668. The van der Waals surface area contributed by atoms with Gasteiger partial charge in [0.2, 0.25) is 5.91 Å². The fourth-order valence-electron chi connectivity index (χ4n) is 3.29. The summed E-state index contributed by atoms with van der Waals surface area (Å²) in [5.74, 6) is -0.0810. The molecule has 0 aliphatic carbocycles. The van der Waals surface area contributed by atoms with E-state index in [0.717, 1.165) is 29.9 Å². The zero-order chi connectivity index (χ0) is 19.4. The molecule has 0 saturated carbocycles. The fraction of sp³-hybridized carbons (Fsp3) is 0.400. The van der Waals surface area contributed by atoms with Crippen molar-refractivity contribution in [2.24, 2.45) is 0 Å². The van der Waals surface area contributed by atoms with E-state index in [0.29, 0.717) is 24.2 Å². The van der Waals surface area contributed by atoms with E-state index in [1.165, 1.54) is 5.56 Å². The van der Waals surface area contributed by atoms with E-state index in [2.05, 4.69) is 34.2 Å². The van der Waals surface area contributed by atoms with Crippen molar-refractivity contribution in [3.63, 3.8) is 0 Å². The zero-order valence-corrected chi connectivity index (χ0v) is 16.0. The molecule has 2 N–H and O–H groups in total. The SMILES string of the molecule is CCn1nc(C)c(CCNC(=O)CCc2nc3ccccc3[nH]c2=O)c1C. The minimum atomic E-state index is -0.236. The van der Waals surface area contributed by atoms with Gasteiger partial charge >= 0.3 is 0 Å². The lowest BCUT2D eigenvalue weighted by Gasteiger charge is -2.06. The van der Waals surface area contributed by atoms with E-state index < -0.39 is 0 Å². The number of aromatic nitrogens is 4. The predicted octanol–water partition coefficient (Wildman–Crippen LogP) is 2.05. The molecule has 0 unspecified atom stereocenters. The van der Waals surface area contributed by atoms with Crippen LogP contribution in [0, 0.1) is 13.8 Å². The highest BCUT2D eigenvalue weighted by molar-refractivity contribution is 5.76. The van der Waals surface area contributed by atoms with Gasteiger partial charge in [0.1, 0.15) is 5.69 Å². The van der Waals surface area contributed by atoms with Crippen molar-refractivity contribution in [2.75, 3.05) is 6.54 Å². The first-order valence-corrected chi connectivity index (χ1v) is 9.27. The van der Waals surface area contributed by atoms with Crippen molar-refractivity contribution in [3.05, 3.63) is 57.3 Å². The second kappa shape index (κ2) is 8.16. The van der Waals surface area contributed by atoms with Crippen LogP contribution in [0.3, 0.4) is 0 Å². The largest absolute Gasteiger partial charge is 0.356 e. The lowest BCUT2D eigenvalue weighted by molar-refractivity contribution is -0.121. The van der Waals surface area contributed by atoms with Gasteiger partial charge in [-0.05, 0) is 44.9 Å². The number of hydrogen-bond acceptors (Lipinski definition) is 4. The van der Waals surface area contributed by atoms with E-state index in [-0.39, 0.29) is 17.9 Å². The smallest absolute Gasteiger partial charge is 0.270 e. The number of fused-ring (bicyclic) bond motifs is 1. The molecular weight excluding hydrogens is 342 g/mol. The molecule has 0 spiro atoms. The second-order valence-corrected chi connectivity index (χ2v) is 6.59. The van der Waals surface area contributed by atoms with E-state index in [9.17, 15) is 9.59 Å². The molecule has 0 fully saturated rings. The predicted molar refractivity (Wildman–Crippen MR) is 105 cm³/mol. The highest BCUT2D eigenvalue weighted by Gasteiger charge is 2.11. The van der Waals surface area contributed by atoms with Crippen LogP contribution in [0.4, 0.5) is 0 Å². The Morgan fingerprint density at radius 3 is 2.74 bits per heavy atom. The summed E-state index contributed by atoms with van der Waals surface area (Å²) >= 11 is 0. The molecule has 142 valence electrons. The molecule has 1 aromatic carbocycles. The summed E-state index contributed by atoms with van der Waals surface area (Å²) in [7, 11) is 0.